The Balaban J connectivity index is 2.42. The molecule has 0 saturated carbocycles. The van der Waals surface area contributed by atoms with Crippen LogP contribution in [0.25, 0.3) is 0 Å². The lowest BCUT2D eigenvalue weighted by atomic mass is 10.3. The van der Waals surface area contributed by atoms with Crippen molar-refractivity contribution in [3.05, 3.63) is 27.7 Å². The first-order valence-electron chi connectivity index (χ1n) is 4.52. The number of ether oxygens (including phenoxy) is 1. The summed E-state index contributed by atoms with van der Waals surface area (Å²) in [5.74, 6) is 0.729. The molecule has 2 nitrogen and oxygen atoms in total. The average molecular weight is 279 g/mol. The first-order chi connectivity index (χ1) is 6.74. The van der Waals surface area contributed by atoms with E-state index in [1.165, 1.54) is 0 Å². The van der Waals surface area contributed by atoms with Gasteiger partial charge in [0.2, 0.25) is 0 Å². The summed E-state index contributed by atoms with van der Waals surface area (Å²) in [6, 6.07) is 5.59. The summed E-state index contributed by atoms with van der Waals surface area (Å²) in [5.41, 5.74) is 0. The van der Waals surface area contributed by atoms with Crippen LogP contribution in [0.3, 0.4) is 0 Å². The van der Waals surface area contributed by atoms with Crippen molar-refractivity contribution >= 4 is 27.5 Å². The summed E-state index contributed by atoms with van der Waals surface area (Å²) < 4.78 is 6.44. The first kappa shape index (κ1) is 11.8. The third-order valence-electron chi connectivity index (χ3n) is 1.68. The van der Waals surface area contributed by atoms with E-state index in [0.717, 1.165) is 23.3 Å². The van der Waals surface area contributed by atoms with Gasteiger partial charge >= 0.3 is 0 Å². The summed E-state index contributed by atoms with van der Waals surface area (Å²) in [4.78, 5) is 0. The molecule has 4 heteroatoms. The van der Waals surface area contributed by atoms with E-state index in [9.17, 15) is 0 Å². The second-order valence-corrected chi connectivity index (χ2v) is 4.10. The molecule has 0 fully saturated rings. The van der Waals surface area contributed by atoms with Crippen LogP contribution in [0.2, 0.25) is 5.02 Å². The van der Waals surface area contributed by atoms with Gasteiger partial charge in [-0.05, 0) is 24.7 Å². The Hall–Kier alpha value is -0.250. The monoisotopic (exact) mass is 277 g/mol. The molecule has 0 unspecified atom stereocenters. The summed E-state index contributed by atoms with van der Waals surface area (Å²) in [6.45, 7) is 4.49. The van der Waals surface area contributed by atoms with Crippen LogP contribution in [-0.2, 0) is 0 Å². The number of nitrogens with one attached hydrogen (secondary N) is 1. The van der Waals surface area contributed by atoms with E-state index >= 15 is 0 Å². The van der Waals surface area contributed by atoms with Gasteiger partial charge in [0.25, 0.3) is 0 Å². The molecule has 0 spiro atoms. The zero-order chi connectivity index (χ0) is 10.4. The van der Waals surface area contributed by atoms with E-state index in [4.69, 9.17) is 16.3 Å². The van der Waals surface area contributed by atoms with Gasteiger partial charge in [-0.3, -0.25) is 0 Å². The average Bonchev–Trinajstić information content (AvgIpc) is 2.15. The van der Waals surface area contributed by atoms with Gasteiger partial charge in [-0.15, -0.1) is 0 Å². The van der Waals surface area contributed by atoms with Crippen molar-refractivity contribution in [3.8, 4) is 5.75 Å². The van der Waals surface area contributed by atoms with Crippen LogP contribution in [0.15, 0.2) is 22.7 Å². The highest BCUT2D eigenvalue weighted by molar-refractivity contribution is 9.10. The van der Waals surface area contributed by atoms with Crippen LogP contribution in [0.5, 0.6) is 5.75 Å². The lowest BCUT2D eigenvalue weighted by molar-refractivity contribution is 0.315. The highest BCUT2D eigenvalue weighted by atomic mass is 79.9. The fourth-order valence-corrected chi connectivity index (χ4v) is 1.73. The zero-order valence-corrected chi connectivity index (χ0v) is 10.4. The minimum atomic E-state index is 0.634. The number of rotatable bonds is 5. The maximum atomic E-state index is 5.97. The van der Waals surface area contributed by atoms with Crippen LogP contribution in [0, 0.1) is 0 Å². The summed E-state index contributed by atoms with van der Waals surface area (Å²) in [7, 11) is 0. The molecular formula is C10H13BrClNO. The van der Waals surface area contributed by atoms with Crippen molar-refractivity contribution in [2.45, 2.75) is 6.92 Å². The van der Waals surface area contributed by atoms with Gasteiger partial charge in [0.1, 0.15) is 12.4 Å². The summed E-state index contributed by atoms with van der Waals surface area (Å²) in [6.07, 6.45) is 0. The quantitative estimate of drug-likeness (QED) is 0.836. The topological polar surface area (TPSA) is 21.3 Å². The molecule has 0 heterocycles. The van der Waals surface area contributed by atoms with E-state index in [-0.39, 0.29) is 0 Å². The van der Waals surface area contributed by atoms with Gasteiger partial charge in [0, 0.05) is 11.0 Å². The van der Waals surface area contributed by atoms with Crippen LogP contribution in [-0.4, -0.2) is 19.7 Å². The normalized spacial score (nSPS) is 10.2. The van der Waals surface area contributed by atoms with Crippen LogP contribution < -0.4 is 10.1 Å². The third kappa shape index (κ3) is 3.86. The molecule has 1 aromatic rings. The van der Waals surface area contributed by atoms with Gasteiger partial charge in [-0.1, -0.05) is 34.5 Å². The Labute approximate surface area is 97.7 Å². The molecule has 1 rings (SSSR count). The highest BCUT2D eigenvalue weighted by Gasteiger charge is 2.00. The zero-order valence-electron chi connectivity index (χ0n) is 8.02. The lowest BCUT2D eigenvalue weighted by Gasteiger charge is -2.08. The standard InChI is InChI=1S/C10H13BrClNO/c1-2-13-5-6-14-10-4-3-8(11)7-9(10)12/h3-4,7,13H,2,5-6H2,1H3. The second kappa shape index (κ2) is 6.27. The molecule has 1 N–H and O–H groups in total. The van der Waals surface area contributed by atoms with Gasteiger partial charge in [0.05, 0.1) is 5.02 Å². The Morgan fingerprint density at radius 1 is 1.50 bits per heavy atom. The summed E-state index contributed by atoms with van der Waals surface area (Å²) in [5, 5.41) is 3.81. The lowest BCUT2D eigenvalue weighted by Crippen LogP contribution is -2.20. The molecule has 14 heavy (non-hydrogen) atoms. The Morgan fingerprint density at radius 3 is 2.93 bits per heavy atom. The Kier molecular flexibility index (Phi) is 5.30. The number of benzene rings is 1. The van der Waals surface area contributed by atoms with Crippen molar-refractivity contribution in [2.75, 3.05) is 19.7 Å². The minimum Gasteiger partial charge on any atom is -0.491 e. The van der Waals surface area contributed by atoms with E-state index < -0.39 is 0 Å². The third-order valence-corrected chi connectivity index (χ3v) is 2.47. The fourth-order valence-electron chi connectivity index (χ4n) is 1.00. The van der Waals surface area contributed by atoms with Gasteiger partial charge in [-0.25, -0.2) is 0 Å². The Bertz CT molecular complexity index is 293. The van der Waals surface area contributed by atoms with Gasteiger partial charge in [0.15, 0.2) is 0 Å². The molecule has 0 amide bonds. The highest BCUT2D eigenvalue weighted by Crippen LogP contribution is 2.27. The second-order valence-electron chi connectivity index (χ2n) is 2.78. The maximum Gasteiger partial charge on any atom is 0.138 e. The van der Waals surface area contributed by atoms with Crippen molar-refractivity contribution in [1.82, 2.24) is 5.32 Å². The minimum absolute atomic E-state index is 0.634. The molecule has 1 aromatic carbocycles. The number of hydrogen-bond acceptors (Lipinski definition) is 2. The van der Waals surface area contributed by atoms with Crippen LogP contribution in [0.4, 0.5) is 0 Å². The number of likely N-dealkylation sites (N-methyl/N-ethyl adjacent to an activating group) is 1. The SMILES string of the molecule is CCNCCOc1ccc(Br)cc1Cl. The van der Waals surface area contributed by atoms with Crippen molar-refractivity contribution in [2.24, 2.45) is 0 Å². The molecule has 0 atom stereocenters. The first-order valence-corrected chi connectivity index (χ1v) is 5.69. The molecule has 0 aliphatic heterocycles. The Morgan fingerprint density at radius 2 is 2.29 bits per heavy atom. The molecule has 78 valence electrons. The molecular weight excluding hydrogens is 265 g/mol. The smallest absolute Gasteiger partial charge is 0.138 e. The van der Waals surface area contributed by atoms with Crippen molar-refractivity contribution in [3.63, 3.8) is 0 Å². The predicted molar refractivity (Wildman–Crippen MR) is 63.2 cm³/mol. The largest absolute Gasteiger partial charge is 0.491 e. The number of halogens is 2. The van der Waals surface area contributed by atoms with Gasteiger partial charge in [-0.2, -0.15) is 0 Å². The van der Waals surface area contributed by atoms with E-state index in [1.54, 1.807) is 0 Å². The molecule has 0 saturated heterocycles. The van der Waals surface area contributed by atoms with Crippen LogP contribution >= 0.6 is 27.5 Å². The van der Waals surface area contributed by atoms with Crippen LogP contribution in [0.1, 0.15) is 6.92 Å². The number of hydrogen-bond donors (Lipinski definition) is 1. The van der Waals surface area contributed by atoms with Crippen molar-refractivity contribution < 1.29 is 4.74 Å². The summed E-state index contributed by atoms with van der Waals surface area (Å²) >= 11 is 9.30. The fraction of sp³-hybridized carbons (Fsp3) is 0.400. The molecule has 0 bridgehead atoms. The predicted octanol–water partition coefficient (Wildman–Crippen LogP) is 3.09. The van der Waals surface area contributed by atoms with Crippen molar-refractivity contribution in [1.29, 1.82) is 0 Å². The molecule has 0 aliphatic carbocycles. The molecule has 0 radical (unpaired) electrons. The maximum absolute atomic E-state index is 5.97. The van der Waals surface area contributed by atoms with Gasteiger partial charge < -0.3 is 10.1 Å². The molecule has 0 aromatic heterocycles. The van der Waals surface area contributed by atoms with E-state index in [0.29, 0.717) is 11.6 Å². The molecule has 0 aliphatic rings. The van der Waals surface area contributed by atoms with E-state index in [1.807, 2.05) is 18.2 Å². The van der Waals surface area contributed by atoms with E-state index in [2.05, 4.69) is 28.2 Å².